The first-order valence-electron chi connectivity index (χ1n) is 4.25. The molecule has 0 saturated carbocycles. The fourth-order valence-electron chi connectivity index (χ4n) is 0.622. The van der Waals surface area contributed by atoms with Gasteiger partial charge in [0, 0.05) is 0 Å². The molecule has 2 atom stereocenters. The minimum atomic E-state index is -0.324. The lowest BCUT2D eigenvalue weighted by Crippen LogP contribution is -2.22. The van der Waals surface area contributed by atoms with Crippen molar-refractivity contribution < 1.29 is 9.53 Å². The number of aliphatic imine (C=N–C) groups is 1. The van der Waals surface area contributed by atoms with E-state index >= 15 is 0 Å². The molecule has 0 aliphatic carbocycles. The smallest absolute Gasteiger partial charge is 0.200 e. The molecule has 0 aliphatic rings. The van der Waals surface area contributed by atoms with Crippen LogP contribution in [0.5, 0.6) is 0 Å². The Kier molecular flexibility index (Phi) is 4.55. The maximum absolute atomic E-state index is 10.9. The van der Waals surface area contributed by atoms with E-state index < -0.39 is 0 Å². The average molecular weight is 203 g/mol. The van der Waals surface area contributed by atoms with Crippen LogP contribution >= 0.6 is 9.24 Å². The van der Waals surface area contributed by atoms with Crippen LogP contribution in [-0.4, -0.2) is 23.1 Å². The van der Waals surface area contributed by atoms with E-state index in [-0.39, 0.29) is 17.4 Å². The summed E-state index contributed by atoms with van der Waals surface area (Å²) in [4.78, 5) is 14.9. The summed E-state index contributed by atoms with van der Waals surface area (Å²) in [6.07, 6.45) is 0. The lowest BCUT2D eigenvalue weighted by atomic mass is 10.2. The lowest BCUT2D eigenvalue weighted by molar-refractivity contribution is -0.117. The minimum Gasteiger partial charge on any atom is -0.472 e. The van der Waals surface area contributed by atoms with Crippen molar-refractivity contribution in [2.45, 2.75) is 46.3 Å². The van der Waals surface area contributed by atoms with Crippen molar-refractivity contribution in [2.75, 3.05) is 0 Å². The van der Waals surface area contributed by atoms with Crippen molar-refractivity contribution in [2.24, 2.45) is 4.99 Å². The van der Waals surface area contributed by atoms with Gasteiger partial charge in [0.05, 0.1) is 0 Å². The van der Waals surface area contributed by atoms with Gasteiger partial charge < -0.3 is 4.74 Å². The first-order valence-corrected chi connectivity index (χ1v) is 4.83. The molecule has 13 heavy (non-hydrogen) atoms. The summed E-state index contributed by atoms with van der Waals surface area (Å²) in [6, 6.07) is -0.324. The summed E-state index contributed by atoms with van der Waals surface area (Å²) in [7, 11) is 2.39. The number of hydrogen-bond donors (Lipinski definition) is 0. The van der Waals surface area contributed by atoms with Crippen LogP contribution < -0.4 is 0 Å². The van der Waals surface area contributed by atoms with E-state index in [9.17, 15) is 4.79 Å². The van der Waals surface area contributed by atoms with Gasteiger partial charge >= 0.3 is 0 Å². The Hall–Kier alpha value is -0.430. The largest absolute Gasteiger partial charge is 0.472 e. The highest BCUT2D eigenvalue weighted by Gasteiger charge is 2.13. The Bertz CT molecular complexity index is 218. The predicted octanol–water partition coefficient (Wildman–Crippen LogP) is 2.01. The number of hydrogen-bond acceptors (Lipinski definition) is 3. The van der Waals surface area contributed by atoms with Gasteiger partial charge in [0.2, 0.25) is 5.64 Å². The summed E-state index contributed by atoms with van der Waals surface area (Å²) in [5.74, 6) is 0.0393. The number of carbonyl (C=O) groups is 1. The van der Waals surface area contributed by atoms with Crippen LogP contribution in [0.3, 0.4) is 0 Å². The molecule has 0 radical (unpaired) electrons. The van der Waals surface area contributed by atoms with Gasteiger partial charge in [0.15, 0.2) is 5.78 Å². The van der Waals surface area contributed by atoms with E-state index in [1.165, 1.54) is 6.92 Å². The summed E-state index contributed by atoms with van der Waals surface area (Å²) in [6.45, 7) is 9.07. The third-order valence-corrected chi connectivity index (χ3v) is 1.59. The lowest BCUT2D eigenvalue weighted by Gasteiger charge is -2.20. The third kappa shape index (κ3) is 6.71. The van der Waals surface area contributed by atoms with E-state index in [0.717, 1.165) is 0 Å². The maximum atomic E-state index is 10.9. The van der Waals surface area contributed by atoms with E-state index in [1.54, 1.807) is 6.92 Å². The second kappa shape index (κ2) is 4.71. The van der Waals surface area contributed by atoms with Gasteiger partial charge in [-0.2, -0.15) is 0 Å². The average Bonchev–Trinajstić information content (AvgIpc) is 1.81. The van der Waals surface area contributed by atoms with Crippen molar-refractivity contribution >= 4 is 20.7 Å². The molecule has 0 heterocycles. The molecule has 0 aromatic rings. The Morgan fingerprint density at radius 2 is 1.92 bits per heavy atom. The second-order valence-electron chi connectivity index (χ2n) is 3.97. The van der Waals surface area contributed by atoms with Crippen molar-refractivity contribution in [3.8, 4) is 0 Å². The zero-order chi connectivity index (χ0) is 10.6. The quantitative estimate of drug-likeness (QED) is 0.391. The van der Waals surface area contributed by atoms with Crippen LogP contribution in [0.2, 0.25) is 0 Å². The maximum Gasteiger partial charge on any atom is 0.200 e. The Balaban J connectivity index is 4.25. The SMILES string of the molecule is CC(=O)C(C)N=C(P)OC(C)(C)C. The topological polar surface area (TPSA) is 38.7 Å². The molecule has 0 rings (SSSR count). The zero-order valence-electron chi connectivity index (χ0n) is 8.92. The molecule has 0 aromatic carbocycles. The summed E-state index contributed by atoms with van der Waals surface area (Å²) in [5.41, 5.74) is 0.215. The molecule has 0 aromatic heterocycles. The summed E-state index contributed by atoms with van der Waals surface area (Å²) in [5, 5.41) is 0. The molecule has 2 unspecified atom stereocenters. The highest BCUT2D eigenvalue weighted by atomic mass is 31.0. The fraction of sp³-hybridized carbons (Fsp3) is 0.778. The number of ketones is 1. The van der Waals surface area contributed by atoms with Gasteiger partial charge in [-0.1, -0.05) is 0 Å². The monoisotopic (exact) mass is 203 g/mol. The van der Waals surface area contributed by atoms with E-state index in [1.807, 2.05) is 20.8 Å². The first-order chi connectivity index (χ1) is 5.72. The van der Waals surface area contributed by atoms with Crippen molar-refractivity contribution in [3.63, 3.8) is 0 Å². The second-order valence-corrected chi connectivity index (χ2v) is 4.46. The van der Waals surface area contributed by atoms with E-state index in [0.29, 0.717) is 5.64 Å². The first kappa shape index (κ1) is 12.6. The van der Waals surface area contributed by atoms with Crippen molar-refractivity contribution in [3.05, 3.63) is 0 Å². The normalized spacial score (nSPS) is 15.4. The molecule has 0 spiro atoms. The van der Waals surface area contributed by atoms with E-state index in [4.69, 9.17) is 4.74 Å². The van der Waals surface area contributed by atoms with Crippen molar-refractivity contribution in [1.82, 2.24) is 0 Å². The molecule has 76 valence electrons. The Morgan fingerprint density at radius 1 is 1.46 bits per heavy atom. The van der Waals surface area contributed by atoms with Gasteiger partial charge in [-0.25, -0.2) is 4.99 Å². The highest BCUT2D eigenvalue weighted by Crippen LogP contribution is 2.11. The molecule has 0 aliphatic heterocycles. The molecule has 0 saturated heterocycles. The van der Waals surface area contributed by atoms with Crippen molar-refractivity contribution in [1.29, 1.82) is 0 Å². The zero-order valence-corrected chi connectivity index (χ0v) is 10.1. The van der Waals surface area contributed by atoms with Gasteiger partial charge in [-0.05, 0) is 43.9 Å². The number of nitrogens with zero attached hydrogens (tertiary/aromatic N) is 1. The molecule has 0 amide bonds. The number of ether oxygens (including phenoxy) is 1. The van der Waals surface area contributed by atoms with Crippen LogP contribution in [0.15, 0.2) is 4.99 Å². The van der Waals surface area contributed by atoms with Crippen LogP contribution in [-0.2, 0) is 9.53 Å². The molecular weight excluding hydrogens is 185 g/mol. The molecule has 0 N–H and O–H groups in total. The molecule has 4 heteroatoms. The Labute approximate surface area is 82.2 Å². The predicted molar refractivity (Wildman–Crippen MR) is 58.1 cm³/mol. The van der Waals surface area contributed by atoms with Crippen LogP contribution in [0.1, 0.15) is 34.6 Å². The summed E-state index contributed by atoms with van der Waals surface area (Å²) >= 11 is 0. The number of rotatable bonds is 2. The molecule has 0 fully saturated rings. The molecule has 3 nitrogen and oxygen atoms in total. The number of carbonyl (C=O) groups excluding carboxylic acids is 1. The molecular formula is C9H18NO2P. The van der Waals surface area contributed by atoms with E-state index in [2.05, 4.69) is 14.2 Å². The van der Waals surface area contributed by atoms with Gasteiger partial charge in [0.25, 0.3) is 0 Å². The van der Waals surface area contributed by atoms with Gasteiger partial charge in [0.1, 0.15) is 11.6 Å². The van der Waals surface area contributed by atoms with Crippen LogP contribution in [0, 0.1) is 0 Å². The minimum absolute atomic E-state index is 0.0393. The molecule has 0 bridgehead atoms. The number of Topliss-reactive ketones (excluding diaryl/α,β-unsaturated/α-hetero) is 1. The third-order valence-electron chi connectivity index (χ3n) is 1.32. The van der Waals surface area contributed by atoms with Crippen LogP contribution in [0.25, 0.3) is 0 Å². The highest BCUT2D eigenvalue weighted by molar-refractivity contribution is 7.39. The van der Waals surface area contributed by atoms with Crippen LogP contribution in [0.4, 0.5) is 0 Å². The Morgan fingerprint density at radius 3 is 2.23 bits per heavy atom. The standard InChI is InChI=1S/C9H18NO2P/c1-6(7(2)11)10-8(13)12-9(3,4)5/h6H,13H2,1-5H3. The summed E-state index contributed by atoms with van der Waals surface area (Å²) < 4.78 is 5.42. The van der Waals surface area contributed by atoms with Gasteiger partial charge in [-0.15, -0.1) is 0 Å². The fourth-order valence-corrected chi connectivity index (χ4v) is 1.20. The van der Waals surface area contributed by atoms with Gasteiger partial charge in [-0.3, -0.25) is 4.79 Å².